The Bertz CT molecular complexity index is 686. The molecular formula is C19H37N7O2S. The molecule has 6 atom stereocenters. The minimum absolute atomic E-state index is 0.0106. The Balaban J connectivity index is 1.19. The highest BCUT2D eigenvalue weighted by atomic mass is 32.2. The van der Waals surface area contributed by atoms with Gasteiger partial charge in [0.15, 0.2) is 0 Å². The molecule has 4 N–H and O–H groups in total. The highest BCUT2D eigenvalue weighted by molar-refractivity contribution is 7.90. The summed E-state index contributed by atoms with van der Waals surface area (Å²) in [5.41, 5.74) is 6.77. The van der Waals surface area contributed by atoms with Gasteiger partial charge in [-0.15, -0.1) is 0 Å². The Morgan fingerprint density at radius 1 is 1.03 bits per heavy atom. The van der Waals surface area contributed by atoms with Gasteiger partial charge in [0.25, 0.3) is 0 Å². The third-order valence-corrected chi connectivity index (χ3v) is 9.67. The second-order valence-electron chi connectivity index (χ2n) is 9.60. The van der Waals surface area contributed by atoms with E-state index in [1.807, 2.05) is 7.05 Å². The zero-order valence-electron chi connectivity index (χ0n) is 17.5. The molecule has 6 unspecified atom stereocenters. The average Bonchev–Trinajstić information content (AvgIpc) is 3.29. The maximum atomic E-state index is 13.2. The number of likely N-dealkylation sites (N-methyl/N-ethyl adjacent to an activating group) is 1. The van der Waals surface area contributed by atoms with E-state index in [1.165, 1.54) is 32.4 Å². The molecule has 5 aliphatic rings. The molecular weight excluding hydrogens is 390 g/mol. The number of fused-ring (bicyclic) bond motifs is 1. The van der Waals surface area contributed by atoms with Crippen molar-refractivity contribution in [3.8, 4) is 0 Å². The van der Waals surface area contributed by atoms with Crippen LogP contribution in [-0.4, -0.2) is 99.2 Å². The van der Waals surface area contributed by atoms with E-state index in [9.17, 15) is 8.42 Å². The van der Waals surface area contributed by atoms with Gasteiger partial charge in [-0.05, 0) is 57.7 Å². The minimum atomic E-state index is -3.36. The van der Waals surface area contributed by atoms with Gasteiger partial charge < -0.3 is 10.2 Å². The molecule has 4 heterocycles. The van der Waals surface area contributed by atoms with Gasteiger partial charge in [-0.1, -0.05) is 6.42 Å². The fraction of sp³-hybridized carbons (Fsp3) is 1.00. The summed E-state index contributed by atoms with van der Waals surface area (Å²) in [4.78, 5) is 2.57. The zero-order chi connectivity index (χ0) is 20.0. The van der Waals surface area contributed by atoms with Crippen molar-refractivity contribution in [2.45, 2.75) is 68.1 Å². The Kier molecular flexibility index (Phi) is 5.89. The standard InChI is InChI=1S/C19H37N7O2S/c1-24-19-14(11-21-24)4-2-5-17(19)23-29(27,28)16-12-22-26(13-16)18-10-15(6-7-20-18)25-8-3-9-25/h14-23H,2-13H2,1H3. The van der Waals surface area contributed by atoms with E-state index >= 15 is 0 Å². The van der Waals surface area contributed by atoms with Crippen LogP contribution in [0.2, 0.25) is 0 Å². The molecule has 0 radical (unpaired) electrons. The Hall–Kier alpha value is -0.330. The molecule has 5 rings (SSSR count). The summed E-state index contributed by atoms with van der Waals surface area (Å²) in [5, 5.41) is 7.46. The molecule has 9 nitrogen and oxygen atoms in total. The summed E-state index contributed by atoms with van der Waals surface area (Å²) in [6, 6.07) is 0.910. The molecule has 0 aromatic rings. The van der Waals surface area contributed by atoms with E-state index in [-0.39, 0.29) is 18.2 Å². The molecule has 0 bridgehead atoms. The van der Waals surface area contributed by atoms with E-state index in [2.05, 4.69) is 35.8 Å². The quantitative estimate of drug-likeness (QED) is 0.438. The van der Waals surface area contributed by atoms with E-state index in [1.54, 1.807) is 0 Å². The van der Waals surface area contributed by atoms with Crippen molar-refractivity contribution in [1.29, 1.82) is 0 Å². The summed E-state index contributed by atoms with van der Waals surface area (Å²) in [6.07, 6.45) is 7.01. The molecule has 0 amide bonds. The van der Waals surface area contributed by atoms with Gasteiger partial charge >= 0.3 is 0 Å². The van der Waals surface area contributed by atoms with Crippen molar-refractivity contribution in [2.75, 3.05) is 46.3 Å². The molecule has 0 aromatic heterocycles. The van der Waals surface area contributed by atoms with Crippen molar-refractivity contribution >= 4 is 10.0 Å². The maximum absolute atomic E-state index is 13.2. The van der Waals surface area contributed by atoms with Crippen molar-refractivity contribution < 1.29 is 8.42 Å². The van der Waals surface area contributed by atoms with Crippen LogP contribution in [-0.2, 0) is 10.0 Å². The first-order chi connectivity index (χ1) is 14.0. The SMILES string of the molecule is CN1NCC2CCCC(NS(=O)(=O)C3CNN(C4CC(N5CCC5)CCN4)C3)C21. The van der Waals surface area contributed by atoms with Gasteiger partial charge in [-0.25, -0.2) is 23.2 Å². The Morgan fingerprint density at radius 2 is 1.90 bits per heavy atom. The maximum Gasteiger partial charge on any atom is 0.217 e. The highest BCUT2D eigenvalue weighted by Gasteiger charge is 2.44. The average molecular weight is 428 g/mol. The fourth-order valence-corrected chi connectivity index (χ4v) is 7.57. The van der Waals surface area contributed by atoms with Crippen LogP contribution in [0.3, 0.4) is 0 Å². The van der Waals surface area contributed by atoms with Crippen LogP contribution in [0, 0.1) is 5.92 Å². The first-order valence-corrected chi connectivity index (χ1v) is 13.0. The lowest BCUT2D eigenvalue weighted by molar-refractivity contribution is 0.0354. The van der Waals surface area contributed by atoms with Gasteiger partial charge in [0, 0.05) is 44.8 Å². The molecule has 166 valence electrons. The number of hydrogen-bond acceptors (Lipinski definition) is 8. The molecule has 0 aromatic carbocycles. The van der Waals surface area contributed by atoms with Gasteiger partial charge in [0.05, 0.1) is 6.17 Å². The molecule has 29 heavy (non-hydrogen) atoms. The largest absolute Gasteiger partial charge is 0.301 e. The van der Waals surface area contributed by atoms with Crippen LogP contribution in [0.5, 0.6) is 0 Å². The van der Waals surface area contributed by atoms with Gasteiger partial charge in [0.2, 0.25) is 10.0 Å². The van der Waals surface area contributed by atoms with Crippen LogP contribution < -0.4 is 20.9 Å². The molecule has 4 aliphatic heterocycles. The molecule has 0 spiro atoms. The van der Waals surface area contributed by atoms with E-state index < -0.39 is 15.3 Å². The first kappa shape index (κ1) is 20.6. The van der Waals surface area contributed by atoms with Crippen LogP contribution in [0.1, 0.15) is 38.5 Å². The number of rotatable bonds is 5. The lowest BCUT2D eigenvalue weighted by Gasteiger charge is -2.44. The number of likely N-dealkylation sites (tertiary alicyclic amines) is 1. The zero-order valence-corrected chi connectivity index (χ0v) is 18.3. The number of nitrogens with zero attached hydrogens (tertiary/aromatic N) is 3. The van der Waals surface area contributed by atoms with E-state index in [0.717, 1.165) is 32.4 Å². The highest BCUT2D eigenvalue weighted by Crippen LogP contribution is 2.31. The van der Waals surface area contributed by atoms with Crippen molar-refractivity contribution in [1.82, 2.24) is 35.8 Å². The smallest absolute Gasteiger partial charge is 0.217 e. The monoisotopic (exact) mass is 427 g/mol. The van der Waals surface area contributed by atoms with E-state index in [4.69, 9.17) is 0 Å². The topological polar surface area (TPSA) is 92.0 Å². The molecule has 1 aliphatic carbocycles. The lowest BCUT2D eigenvalue weighted by Crippen LogP contribution is -2.59. The third-order valence-electron chi connectivity index (χ3n) is 7.85. The van der Waals surface area contributed by atoms with E-state index in [0.29, 0.717) is 25.0 Å². The molecule has 4 saturated heterocycles. The molecule has 1 saturated carbocycles. The van der Waals surface area contributed by atoms with Crippen molar-refractivity contribution in [2.24, 2.45) is 5.92 Å². The van der Waals surface area contributed by atoms with Crippen molar-refractivity contribution in [3.63, 3.8) is 0 Å². The number of piperidine rings is 1. The second kappa shape index (κ2) is 8.31. The fourth-order valence-electron chi connectivity index (χ4n) is 6.04. The molecule has 5 fully saturated rings. The predicted octanol–water partition coefficient (Wildman–Crippen LogP) is -1.13. The van der Waals surface area contributed by atoms with Gasteiger partial charge in [-0.3, -0.25) is 10.9 Å². The van der Waals surface area contributed by atoms with Crippen LogP contribution >= 0.6 is 0 Å². The van der Waals surface area contributed by atoms with Gasteiger partial charge in [-0.2, -0.15) is 0 Å². The normalized spacial score (nSPS) is 42.7. The number of hydrazine groups is 2. The summed E-state index contributed by atoms with van der Waals surface area (Å²) in [5.74, 6) is 0.546. The summed E-state index contributed by atoms with van der Waals surface area (Å²) in [6.45, 7) is 5.45. The van der Waals surface area contributed by atoms with Crippen LogP contribution in [0.15, 0.2) is 0 Å². The van der Waals surface area contributed by atoms with Gasteiger partial charge in [0.1, 0.15) is 5.25 Å². The Labute approximate surface area is 174 Å². The lowest BCUT2D eigenvalue weighted by atomic mass is 9.82. The molecule has 10 heteroatoms. The number of sulfonamides is 1. The van der Waals surface area contributed by atoms with Crippen LogP contribution in [0.4, 0.5) is 0 Å². The second-order valence-corrected chi connectivity index (χ2v) is 11.6. The predicted molar refractivity (Wildman–Crippen MR) is 112 cm³/mol. The van der Waals surface area contributed by atoms with Crippen molar-refractivity contribution in [3.05, 3.63) is 0 Å². The van der Waals surface area contributed by atoms with Crippen LogP contribution in [0.25, 0.3) is 0 Å². The number of nitrogens with one attached hydrogen (secondary N) is 4. The third kappa shape index (κ3) is 4.10. The Morgan fingerprint density at radius 3 is 2.69 bits per heavy atom. The minimum Gasteiger partial charge on any atom is -0.301 e. The summed E-state index contributed by atoms with van der Waals surface area (Å²) < 4.78 is 29.5. The number of hydrogen-bond donors (Lipinski definition) is 4. The summed E-state index contributed by atoms with van der Waals surface area (Å²) >= 11 is 0. The summed E-state index contributed by atoms with van der Waals surface area (Å²) in [7, 11) is -1.32. The first-order valence-electron chi connectivity index (χ1n) is 11.5.